The molecule has 2 heterocycles. The molecule has 10 heteroatoms. The molecule has 0 aliphatic heterocycles. The van der Waals surface area contributed by atoms with Crippen LogP contribution in [0.4, 0.5) is 13.2 Å². The summed E-state index contributed by atoms with van der Waals surface area (Å²) in [5.74, 6) is 0.459. The second kappa shape index (κ2) is 6.96. The Bertz CT molecular complexity index is 918. The summed E-state index contributed by atoms with van der Waals surface area (Å²) < 4.78 is 72.4. The van der Waals surface area contributed by atoms with E-state index in [2.05, 4.69) is 9.82 Å². The lowest BCUT2D eigenvalue weighted by atomic mass is 10.2. The highest BCUT2D eigenvalue weighted by Gasteiger charge is 2.32. The van der Waals surface area contributed by atoms with Crippen molar-refractivity contribution in [3.63, 3.8) is 0 Å². The number of hydrogen-bond acceptors (Lipinski definition) is 4. The van der Waals surface area contributed by atoms with Gasteiger partial charge in [0, 0.05) is 18.9 Å². The van der Waals surface area contributed by atoms with E-state index in [0.717, 1.165) is 18.2 Å². The van der Waals surface area contributed by atoms with Crippen molar-refractivity contribution in [2.24, 2.45) is 0 Å². The number of alkyl halides is 3. The zero-order valence-corrected chi connectivity index (χ0v) is 14.0. The highest BCUT2D eigenvalue weighted by atomic mass is 32.2. The van der Waals surface area contributed by atoms with Crippen molar-refractivity contribution in [1.82, 2.24) is 14.5 Å². The molecule has 1 N–H and O–H groups in total. The number of sulfonamides is 1. The Balaban J connectivity index is 1.83. The van der Waals surface area contributed by atoms with Gasteiger partial charge < -0.3 is 4.42 Å². The number of nitrogens with one attached hydrogen (secondary N) is 1. The van der Waals surface area contributed by atoms with Crippen molar-refractivity contribution < 1.29 is 26.0 Å². The zero-order valence-electron chi connectivity index (χ0n) is 13.2. The van der Waals surface area contributed by atoms with Gasteiger partial charge in [-0.2, -0.15) is 18.3 Å². The first-order chi connectivity index (χ1) is 12.3. The van der Waals surface area contributed by atoms with Gasteiger partial charge in [0.25, 0.3) is 0 Å². The molecule has 1 aromatic carbocycles. The van der Waals surface area contributed by atoms with Crippen LogP contribution in [0.1, 0.15) is 17.4 Å². The second-order valence-electron chi connectivity index (χ2n) is 5.39. The fraction of sp³-hybridized carbons (Fsp3) is 0.188. The number of hydrogen-bond donors (Lipinski definition) is 1. The zero-order chi connectivity index (χ0) is 18.8. The fourth-order valence-electron chi connectivity index (χ4n) is 2.38. The van der Waals surface area contributed by atoms with E-state index in [9.17, 15) is 21.6 Å². The van der Waals surface area contributed by atoms with Crippen LogP contribution in [-0.2, 0) is 16.2 Å². The third kappa shape index (κ3) is 3.97. The van der Waals surface area contributed by atoms with E-state index in [-0.39, 0.29) is 6.54 Å². The molecular formula is C16H14F3N3O3S. The van der Waals surface area contributed by atoms with E-state index in [4.69, 9.17) is 4.42 Å². The summed E-state index contributed by atoms with van der Waals surface area (Å²) in [5.41, 5.74) is -1.03. The highest BCUT2D eigenvalue weighted by Crippen LogP contribution is 2.30. The molecule has 26 heavy (non-hydrogen) atoms. The predicted octanol–water partition coefficient (Wildman–Crippen LogP) is 3.06. The van der Waals surface area contributed by atoms with Crippen molar-refractivity contribution in [3.05, 3.63) is 72.4 Å². The summed E-state index contributed by atoms with van der Waals surface area (Å²) in [5, 5.41) is 4.07. The molecule has 0 aliphatic rings. The van der Waals surface area contributed by atoms with Gasteiger partial charge in [-0.05, 0) is 36.4 Å². The first-order valence-corrected chi connectivity index (χ1v) is 8.95. The summed E-state index contributed by atoms with van der Waals surface area (Å²) in [7, 11) is -4.15. The molecule has 0 saturated heterocycles. The lowest BCUT2D eigenvalue weighted by Gasteiger charge is -2.17. The van der Waals surface area contributed by atoms with Crippen LogP contribution < -0.4 is 4.72 Å². The summed E-state index contributed by atoms with van der Waals surface area (Å²) in [4.78, 5) is -0.467. The number of benzene rings is 1. The van der Waals surface area contributed by atoms with E-state index in [1.807, 2.05) is 0 Å². The third-order valence-corrected chi connectivity index (χ3v) is 5.08. The first-order valence-electron chi connectivity index (χ1n) is 7.47. The maximum absolute atomic E-state index is 12.8. The molecule has 0 saturated carbocycles. The van der Waals surface area contributed by atoms with Crippen LogP contribution in [0.2, 0.25) is 0 Å². The van der Waals surface area contributed by atoms with E-state index in [0.29, 0.717) is 11.8 Å². The average molecular weight is 385 g/mol. The standard InChI is InChI=1S/C16H14F3N3O3S/c17-16(18,19)12-4-1-5-13(10-12)26(23,24)21-11-14(15-6-2-9-25-15)22-8-3-7-20-22/h1-10,14,21H,11H2/t14-/m1/s1. The van der Waals surface area contributed by atoms with Crippen LogP contribution >= 0.6 is 0 Å². The summed E-state index contributed by atoms with van der Waals surface area (Å²) in [6.45, 7) is -0.145. The average Bonchev–Trinajstić information content (AvgIpc) is 3.28. The number of nitrogens with zero attached hydrogens (tertiary/aromatic N) is 2. The maximum atomic E-state index is 12.8. The third-order valence-electron chi connectivity index (χ3n) is 3.65. The smallest absolute Gasteiger partial charge is 0.416 e. The number of rotatable bonds is 6. The highest BCUT2D eigenvalue weighted by molar-refractivity contribution is 7.89. The number of furan rings is 1. The van der Waals surface area contributed by atoms with Gasteiger partial charge in [-0.15, -0.1) is 0 Å². The Morgan fingerprint density at radius 3 is 2.62 bits per heavy atom. The molecule has 3 rings (SSSR count). The molecule has 1 atom stereocenters. The van der Waals surface area contributed by atoms with Gasteiger partial charge in [0.2, 0.25) is 10.0 Å². The van der Waals surface area contributed by atoms with Gasteiger partial charge in [0.1, 0.15) is 11.8 Å². The van der Waals surface area contributed by atoms with Crippen LogP contribution in [0, 0.1) is 0 Å². The molecule has 0 fully saturated rings. The van der Waals surface area contributed by atoms with E-state index >= 15 is 0 Å². The van der Waals surface area contributed by atoms with Crippen molar-refractivity contribution in [2.75, 3.05) is 6.54 Å². The molecule has 0 spiro atoms. The second-order valence-corrected chi connectivity index (χ2v) is 7.16. The van der Waals surface area contributed by atoms with E-state index < -0.39 is 32.7 Å². The first kappa shape index (κ1) is 18.2. The molecule has 0 amide bonds. The monoisotopic (exact) mass is 385 g/mol. The van der Waals surface area contributed by atoms with Crippen LogP contribution in [0.3, 0.4) is 0 Å². The number of halogens is 3. The van der Waals surface area contributed by atoms with Crippen molar-refractivity contribution in [2.45, 2.75) is 17.1 Å². The largest absolute Gasteiger partial charge is 0.467 e. The lowest BCUT2D eigenvalue weighted by Crippen LogP contribution is -2.31. The Morgan fingerprint density at radius 2 is 2.00 bits per heavy atom. The topological polar surface area (TPSA) is 77.1 Å². The Morgan fingerprint density at radius 1 is 1.19 bits per heavy atom. The van der Waals surface area contributed by atoms with E-state index in [1.165, 1.54) is 17.1 Å². The van der Waals surface area contributed by atoms with Gasteiger partial charge in [0.05, 0.1) is 16.7 Å². The fourth-order valence-corrected chi connectivity index (χ4v) is 3.47. The Hall–Kier alpha value is -2.59. The van der Waals surface area contributed by atoms with Crippen molar-refractivity contribution >= 4 is 10.0 Å². The van der Waals surface area contributed by atoms with Crippen LogP contribution in [0.25, 0.3) is 0 Å². The molecule has 0 aliphatic carbocycles. The van der Waals surface area contributed by atoms with Crippen molar-refractivity contribution in [3.8, 4) is 0 Å². The van der Waals surface area contributed by atoms with Crippen LogP contribution in [-0.4, -0.2) is 24.7 Å². The minimum Gasteiger partial charge on any atom is -0.467 e. The normalized spacial score (nSPS) is 13.7. The maximum Gasteiger partial charge on any atom is 0.416 e. The molecule has 138 valence electrons. The van der Waals surface area contributed by atoms with Gasteiger partial charge in [-0.25, -0.2) is 13.1 Å². The SMILES string of the molecule is O=S(=O)(NC[C@H](c1ccco1)n1cccn1)c1cccc(C(F)(F)F)c1. The molecule has 6 nitrogen and oxygen atoms in total. The summed E-state index contributed by atoms with van der Waals surface area (Å²) >= 11 is 0. The minimum atomic E-state index is -4.63. The summed E-state index contributed by atoms with van der Waals surface area (Å²) in [6.07, 6.45) is -0.0343. The molecule has 0 bridgehead atoms. The lowest BCUT2D eigenvalue weighted by molar-refractivity contribution is -0.137. The minimum absolute atomic E-state index is 0.145. The van der Waals surface area contributed by atoms with Gasteiger partial charge in [-0.3, -0.25) is 4.68 Å². The van der Waals surface area contributed by atoms with E-state index in [1.54, 1.807) is 24.4 Å². The molecule has 2 aromatic heterocycles. The van der Waals surface area contributed by atoms with Crippen molar-refractivity contribution in [1.29, 1.82) is 0 Å². The summed E-state index contributed by atoms with van der Waals surface area (Å²) in [6, 6.07) is 7.95. The Kier molecular flexibility index (Phi) is 4.88. The number of aromatic nitrogens is 2. The molecule has 0 unspecified atom stereocenters. The van der Waals surface area contributed by atoms with Gasteiger partial charge in [-0.1, -0.05) is 6.07 Å². The molecule has 0 radical (unpaired) electrons. The molecule has 3 aromatic rings. The van der Waals surface area contributed by atoms with Crippen LogP contribution in [0.5, 0.6) is 0 Å². The predicted molar refractivity (Wildman–Crippen MR) is 85.7 cm³/mol. The van der Waals surface area contributed by atoms with Crippen LogP contribution in [0.15, 0.2) is 70.4 Å². The van der Waals surface area contributed by atoms with Gasteiger partial charge in [0.15, 0.2) is 0 Å². The molecular weight excluding hydrogens is 371 g/mol. The Labute approximate surface area is 147 Å². The quantitative estimate of drug-likeness (QED) is 0.708. The van der Waals surface area contributed by atoms with Gasteiger partial charge >= 0.3 is 6.18 Å².